The minimum absolute atomic E-state index is 0.0909. The molecule has 78 valence electrons. The zero-order valence-corrected chi connectivity index (χ0v) is 8.03. The van der Waals surface area contributed by atoms with Gasteiger partial charge < -0.3 is 15.8 Å². The summed E-state index contributed by atoms with van der Waals surface area (Å²) in [6.45, 7) is 0.544. The Kier molecular flexibility index (Phi) is 3.64. The highest BCUT2D eigenvalue weighted by Crippen LogP contribution is 2.11. The number of carbonyl (C=O) groups is 2. The molecule has 5 heteroatoms. The Bertz CT molecular complexity index is 263. The van der Waals surface area contributed by atoms with Crippen molar-refractivity contribution < 1.29 is 14.3 Å². The van der Waals surface area contributed by atoms with E-state index in [2.05, 4.69) is 10.1 Å². The molecule has 0 fully saturated rings. The van der Waals surface area contributed by atoms with Gasteiger partial charge in [-0.2, -0.15) is 0 Å². The number of methoxy groups -OCH3 is 1. The molecule has 0 aliphatic carbocycles. The third kappa shape index (κ3) is 2.56. The van der Waals surface area contributed by atoms with E-state index in [0.29, 0.717) is 6.54 Å². The van der Waals surface area contributed by atoms with Crippen molar-refractivity contribution in [2.45, 2.75) is 12.5 Å². The normalized spacial score (nSPS) is 22.7. The number of hydrogen-bond acceptors (Lipinski definition) is 4. The fraction of sp³-hybridized carbons (Fsp3) is 0.556. The van der Waals surface area contributed by atoms with Gasteiger partial charge >= 0.3 is 5.97 Å². The van der Waals surface area contributed by atoms with E-state index in [9.17, 15) is 9.59 Å². The van der Waals surface area contributed by atoms with Crippen molar-refractivity contribution in [2.24, 2.45) is 11.7 Å². The highest BCUT2D eigenvalue weighted by molar-refractivity contribution is 5.83. The summed E-state index contributed by atoms with van der Waals surface area (Å²) in [6.07, 6.45) is 3.90. The van der Waals surface area contributed by atoms with Crippen molar-refractivity contribution in [3.05, 3.63) is 12.2 Å². The van der Waals surface area contributed by atoms with Crippen LogP contribution >= 0.6 is 0 Å². The van der Waals surface area contributed by atoms with E-state index in [0.717, 1.165) is 0 Å². The predicted molar refractivity (Wildman–Crippen MR) is 50.2 cm³/mol. The fourth-order valence-electron chi connectivity index (χ4n) is 1.32. The molecule has 1 heterocycles. The van der Waals surface area contributed by atoms with Gasteiger partial charge in [0.2, 0.25) is 5.91 Å². The Morgan fingerprint density at radius 2 is 2.57 bits per heavy atom. The zero-order valence-electron chi connectivity index (χ0n) is 8.03. The predicted octanol–water partition coefficient (Wildman–Crippen LogP) is -0.821. The summed E-state index contributed by atoms with van der Waals surface area (Å²) in [5.41, 5.74) is 5.53. The van der Waals surface area contributed by atoms with E-state index in [1.54, 1.807) is 6.08 Å². The number of nitrogens with two attached hydrogens (primary N) is 1. The summed E-state index contributed by atoms with van der Waals surface area (Å²) in [4.78, 5) is 22.3. The lowest BCUT2D eigenvalue weighted by molar-refractivity contribution is -0.142. The van der Waals surface area contributed by atoms with Crippen LogP contribution in [0.4, 0.5) is 0 Å². The van der Waals surface area contributed by atoms with E-state index in [1.807, 2.05) is 6.08 Å². The van der Waals surface area contributed by atoms with E-state index >= 15 is 0 Å². The Hall–Kier alpha value is -1.36. The molecule has 1 rings (SSSR count). The summed E-state index contributed by atoms with van der Waals surface area (Å²) in [6, 6.07) is -0.738. The number of esters is 1. The quantitative estimate of drug-likeness (QED) is 0.458. The van der Waals surface area contributed by atoms with Crippen LogP contribution in [-0.4, -0.2) is 31.6 Å². The SMILES string of the molecule is COC(=O)[C@@H](N)C[C@@H]1C=CCNC1=O. The second-order valence-corrected chi connectivity index (χ2v) is 3.15. The minimum atomic E-state index is -0.738. The van der Waals surface area contributed by atoms with Crippen LogP contribution in [-0.2, 0) is 14.3 Å². The molecule has 0 unspecified atom stereocenters. The van der Waals surface area contributed by atoms with Gasteiger partial charge in [-0.3, -0.25) is 9.59 Å². The second kappa shape index (κ2) is 4.76. The van der Waals surface area contributed by atoms with Crippen molar-refractivity contribution >= 4 is 11.9 Å². The Morgan fingerprint density at radius 1 is 1.86 bits per heavy atom. The maximum Gasteiger partial charge on any atom is 0.322 e. The zero-order chi connectivity index (χ0) is 10.6. The molecule has 14 heavy (non-hydrogen) atoms. The van der Waals surface area contributed by atoms with Gasteiger partial charge in [0.1, 0.15) is 6.04 Å². The largest absolute Gasteiger partial charge is 0.468 e. The lowest BCUT2D eigenvalue weighted by Crippen LogP contribution is -2.40. The molecule has 3 N–H and O–H groups in total. The molecule has 0 radical (unpaired) electrons. The Morgan fingerprint density at radius 3 is 3.14 bits per heavy atom. The van der Waals surface area contributed by atoms with Gasteiger partial charge in [-0.25, -0.2) is 0 Å². The Balaban J connectivity index is 2.50. The fourth-order valence-corrected chi connectivity index (χ4v) is 1.32. The molecule has 0 aromatic rings. The van der Waals surface area contributed by atoms with Crippen LogP contribution in [0.5, 0.6) is 0 Å². The van der Waals surface area contributed by atoms with Gasteiger partial charge in [0.25, 0.3) is 0 Å². The number of nitrogens with one attached hydrogen (secondary N) is 1. The first-order valence-corrected chi connectivity index (χ1v) is 4.43. The van der Waals surface area contributed by atoms with Crippen LogP contribution < -0.4 is 11.1 Å². The number of hydrogen-bond donors (Lipinski definition) is 2. The van der Waals surface area contributed by atoms with Gasteiger partial charge in [0.05, 0.1) is 13.0 Å². The van der Waals surface area contributed by atoms with Crippen LogP contribution in [0.25, 0.3) is 0 Å². The van der Waals surface area contributed by atoms with Crippen molar-refractivity contribution in [3.8, 4) is 0 Å². The average molecular weight is 198 g/mol. The van der Waals surface area contributed by atoms with Gasteiger partial charge in [0.15, 0.2) is 0 Å². The highest BCUT2D eigenvalue weighted by atomic mass is 16.5. The van der Waals surface area contributed by atoms with Gasteiger partial charge in [-0.1, -0.05) is 12.2 Å². The first-order valence-electron chi connectivity index (χ1n) is 4.43. The molecule has 1 aliphatic rings. The highest BCUT2D eigenvalue weighted by Gasteiger charge is 2.24. The number of ether oxygens (including phenoxy) is 1. The molecule has 1 amide bonds. The van der Waals surface area contributed by atoms with E-state index < -0.39 is 12.0 Å². The smallest absolute Gasteiger partial charge is 0.322 e. The number of carbonyl (C=O) groups excluding carboxylic acids is 2. The minimum Gasteiger partial charge on any atom is -0.468 e. The molecule has 0 aromatic carbocycles. The first kappa shape index (κ1) is 10.7. The van der Waals surface area contributed by atoms with Gasteiger partial charge in [-0.05, 0) is 6.42 Å². The Labute approximate surface area is 82.3 Å². The van der Waals surface area contributed by atoms with E-state index in [1.165, 1.54) is 7.11 Å². The second-order valence-electron chi connectivity index (χ2n) is 3.15. The van der Waals surface area contributed by atoms with E-state index in [-0.39, 0.29) is 18.2 Å². The van der Waals surface area contributed by atoms with Gasteiger partial charge in [0, 0.05) is 6.54 Å². The molecular formula is C9H14N2O3. The standard InChI is InChI=1S/C9H14N2O3/c1-14-9(13)7(10)5-6-3-2-4-11-8(6)12/h2-3,6-7H,4-5,10H2,1H3,(H,11,12)/t6-,7-/m0/s1. The van der Waals surface area contributed by atoms with Crippen molar-refractivity contribution in [1.82, 2.24) is 5.32 Å². The maximum atomic E-state index is 11.3. The van der Waals surface area contributed by atoms with Crippen molar-refractivity contribution in [2.75, 3.05) is 13.7 Å². The summed E-state index contributed by atoms with van der Waals surface area (Å²) in [5, 5.41) is 2.66. The van der Waals surface area contributed by atoms with Crippen molar-refractivity contribution in [1.29, 1.82) is 0 Å². The molecule has 0 bridgehead atoms. The molecule has 0 aromatic heterocycles. The molecule has 0 spiro atoms. The number of amides is 1. The molecule has 2 atom stereocenters. The first-order chi connectivity index (χ1) is 6.65. The molecule has 5 nitrogen and oxygen atoms in total. The third-order valence-electron chi connectivity index (χ3n) is 2.11. The molecule has 0 saturated carbocycles. The lowest BCUT2D eigenvalue weighted by Gasteiger charge is -2.18. The molecule has 1 aliphatic heterocycles. The van der Waals surface area contributed by atoms with Crippen LogP contribution in [0.1, 0.15) is 6.42 Å². The maximum absolute atomic E-state index is 11.3. The topological polar surface area (TPSA) is 81.4 Å². The van der Waals surface area contributed by atoms with Crippen LogP contribution in [0.3, 0.4) is 0 Å². The lowest BCUT2D eigenvalue weighted by atomic mass is 9.97. The molecular weight excluding hydrogens is 184 g/mol. The summed E-state index contributed by atoms with van der Waals surface area (Å²) >= 11 is 0. The monoisotopic (exact) mass is 198 g/mol. The van der Waals surface area contributed by atoms with E-state index in [4.69, 9.17) is 5.73 Å². The summed E-state index contributed by atoms with van der Waals surface area (Å²) in [5.74, 6) is -0.901. The van der Waals surface area contributed by atoms with Crippen LogP contribution in [0.15, 0.2) is 12.2 Å². The van der Waals surface area contributed by atoms with Crippen LogP contribution in [0.2, 0.25) is 0 Å². The number of rotatable bonds is 3. The summed E-state index contributed by atoms with van der Waals surface area (Å²) in [7, 11) is 1.28. The van der Waals surface area contributed by atoms with Gasteiger partial charge in [-0.15, -0.1) is 0 Å². The average Bonchev–Trinajstić information content (AvgIpc) is 2.20. The summed E-state index contributed by atoms with van der Waals surface area (Å²) < 4.78 is 4.47. The van der Waals surface area contributed by atoms with Crippen LogP contribution in [0, 0.1) is 5.92 Å². The molecule has 0 saturated heterocycles. The van der Waals surface area contributed by atoms with Crippen molar-refractivity contribution in [3.63, 3.8) is 0 Å². The third-order valence-corrected chi connectivity index (χ3v) is 2.11.